The van der Waals surface area contributed by atoms with Crippen LogP contribution in [0.25, 0.3) is 0 Å². The van der Waals surface area contributed by atoms with Crippen LogP contribution in [0.1, 0.15) is 15.9 Å². The molecule has 1 aliphatic rings. The van der Waals surface area contributed by atoms with Gasteiger partial charge >= 0.3 is 11.7 Å². The summed E-state index contributed by atoms with van der Waals surface area (Å²) in [5.74, 6) is -0.979. The molecule has 4 rings (SSSR count). The lowest BCUT2D eigenvalue weighted by Gasteiger charge is -2.17. The molecule has 0 unspecified atom stereocenters. The number of benzene rings is 2. The molecule has 3 N–H and O–H groups in total. The normalized spacial score (nSPS) is 14.1. The minimum Gasteiger partial charge on any atom is -0.478 e. The van der Waals surface area contributed by atoms with Gasteiger partial charge in [0.1, 0.15) is 11.5 Å². The number of fused-ring (bicyclic) bond motifs is 1. The van der Waals surface area contributed by atoms with E-state index in [0.717, 1.165) is 0 Å². The summed E-state index contributed by atoms with van der Waals surface area (Å²) in [5, 5.41) is 12.1. The lowest BCUT2D eigenvalue weighted by molar-refractivity contribution is -0.112. The third-order valence-corrected chi connectivity index (χ3v) is 4.33. The number of carboxylic acids is 1. The number of nitrogens with zero attached hydrogens (tertiary/aromatic N) is 3. The quantitative estimate of drug-likeness (QED) is 0.612. The zero-order valence-electron chi connectivity index (χ0n) is 15.0. The first-order valence-electron chi connectivity index (χ1n) is 8.65. The number of para-hydroxylation sites is 1. The first-order valence-corrected chi connectivity index (χ1v) is 8.65. The Hall–Kier alpha value is -4.27. The number of nitrogens with one attached hydrogen (secondary N) is 2. The Morgan fingerprint density at radius 1 is 1.14 bits per heavy atom. The molecule has 1 aromatic heterocycles. The van der Waals surface area contributed by atoms with E-state index in [1.165, 1.54) is 23.2 Å². The van der Waals surface area contributed by atoms with Crippen LogP contribution in [0.2, 0.25) is 0 Å². The lowest BCUT2D eigenvalue weighted by Crippen LogP contribution is -2.35. The zero-order chi connectivity index (χ0) is 20.4. The van der Waals surface area contributed by atoms with E-state index in [-0.39, 0.29) is 23.9 Å². The Balaban J connectivity index is 1.66. The van der Waals surface area contributed by atoms with Crippen molar-refractivity contribution in [2.45, 2.75) is 0 Å². The molecule has 9 heteroatoms. The Morgan fingerprint density at radius 3 is 2.76 bits per heavy atom. The second-order valence-electron chi connectivity index (χ2n) is 6.19. The van der Waals surface area contributed by atoms with Crippen LogP contribution >= 0.6 is 0 Å². The Bertz CT molecular complexity index is 1200. The van der Waals surface area contributed by atoms with Gasteiger partial charge in [-0.3, -0.25) is 14.7 Å². The number of aromatic nitrogens is 2. The molecular formula is C20H15N5O4. The molecule has 2 aromatic carbocycles. The highest BCUT2D eigenvalue weighted by atomic mass is 16.4. The largest absolute Gasteiger partial charge is 0.478 e. The van der Waals surface area contributed by atoms with Crippen molar-refractivity contribution in [3.8, 4) is 0 Å². The first kappa shape index (κ1) is 18.1. The smallest absolute Gasteiger partial charge is 0.346 e. The Morgan fingerprint density at radius 2 is 1.97 bits per heavy atom. The summed E-state index contributed by atoms with van der Waals surface area (Å²) in [6.07, 6.45) is 1.36. The Labute approximate surface area is 164 Å². The third-order valence-electron chi connectivity index (χ3n) is 4.33. The van der Waals surface area contributed by atoms with Gasteiger partial charge in [0.05, 0.1) is 23.6 Å². The van der Waals surface area contributed by atoms with Gasteiger partial charge in [0, 0.05) is 11.8 Å². The minimum atomic E-state index is -1.07. The molecule has 9 nitrogen and oxygen atoms in total. The number of rotatable bonds is 5. The van der Waals surface area contributed by atoms with Crippen molar-refractivity contribution >= 4 is 34.8 Å². The van der Waals surface area contributed by atoms with E-state index in [1.807, 2.05) is 0 Å². The molecule has 0 fully saturated rings. The molecule has 2 heterocycles. The Kier molecular flexibility index (Phi) is 4.62. The molecule has 0 aliphatic carbocycles. The van der Waals surface area contributed by atoms with Crippen molar-refractivity contribution < 1.29 is 14.7 Å². The number of carbonyl (C=O) groups excluding carboxylic acids is 1. The maximum absolute atomic E-state index is 13.0. The van der Waals surface area contributed by atoms with Crippen LogP contribution in [0, 0.1) is 0 Å². The summed E-state index contributed by atoms with van der Waals surface area (Å²) in [4.78, 5) is 47.5. The van der Waals surface area contributed by atoms with Gasteiger partial charge in [-0.15, -0.1) is 0 Å². The highest BCUT2D eigenvalue weighted by Gasteiger charge is 2.33. The topological polar surface area (TPSA) is 128 Å². The molecule has 0 bridgehead atoms. The second kappa shape index (κ2) is 7.39. The van der Waals surface area contributed by atoms with E-state index in [9.17, 15) is 14.4 Å². The number of H-pyrrole nitrogens is 1. The number of aliphatic imine (C=N–C) groups is 1. The molecule has 0 saturated heterocycles. The molecule has 29 heavy (non-hydrogen) atoms. The van der Waals surface area contributed by atoms with Crippen LogP contribution in [0.3, 0.4) is 0 Å². The monoisotopic (exact) mass is 389 g/mol. The summed E-state index contributed by atoms with van der Waals surface area (Å²) in [7, 11) is 0. The maximum Gasteiger partial charge on any atom is 0.346 e. The van der Waals surface area contributed by atoms with Gasteiger partial charge in [0.2, 0.25) is 0 Å². The number of carboxylic acid groups (broad SMARTS) is 1. The number of carbonyl (C=O) groups is 2. The van der Waals surface area contributed by atoms with Crippen molar-refractivity contribution in [2.24, 2.45) is 4.99 Å². The zero-order valence-corrected chi connectivity index (χ0v) is 15.0. The van der Waals surface area contributed by atoms with E-state index in [0.29, 0.717) is 22.8 Å². The first-order chi connectivity index (χ1) is 14.0. The molecular weight excluding hydrogens is 374 g/mol. The van der Waals surface area contributed by atoms with Gasteiger partial charge in [0.25, 0.3) is 5.91 Å². The van der Waals surface area contributed by atoms with Crippen LogP contribution in [-0.2, 0) is 4.79 Å². The van der Waals surface area contributed by atoms with Crippen molar-refractivity contribution in [3.63, 3.8) is 0 Å². The van der Waals surface area contributed by atoms with Crippen LogP contribution in [0.5, 0.6) is 0 Å². The van der Waals surface area contributed by atoms with Gasteiger partial charge in [-0.25, -0.2) is 19.6 Å². The van der Waals surface area contributed by atoms with Crippen molar-refractivity contribution in [3.05, 3.63) is 82.4 Å². The summed E-state index contributed by atoms with van der Waals surface area (Å²) >= 11 is 0. The second-order valence-corrected chi connectivity index (χ2v) is 6.19. The fourth-order valence-corrected chi connectivity index (χ4v) is 3.00. The summed E-state index contributed by atoms with van der Waals surface area (Å²) in [6.45, 7) is 0.101. The molecule has 0 spiro atoms. The summed E-state index contributed by atoms with van der Waals surface area (Å²) in [5.41, 5.74) is 1.48. The van der Waals surface area contributed by atoms with E-state index in [1.54, 1.807) is 42.5 Å². The van der Waals surface area contributed by atoms with Gasteiger partial charge in [-0.05, 0) is 30.3 Å². The average Bonchev–Trinajstić information content (AvgIpc) is 2.98. The highest BCUT2D eigenvalue weighted by molar-refractivity contribution is 6.54. The standard InChI is InChI=1S/C20H15N5O4/c26-18-17(23-13-5-3-4-12(10-13)19(27)28)14-6-1-2-7-15(14)25(18)11-22-16-8-9-21-20(29)24-16/h1-10H,11H2,(H,27,28)(H2,21,22,24,29)/b23-17-. The number of aromatic amines is 1. The van der Waals surface area contributed by atoms with Crippen LogP contribution in [0.15, 0.2) is 70.6 Å². The fourth-order valence-electron chi connectivity index (χ4n) is 3.00. The highest BCUT2D eigenvalue weighted by Crippen LogP contribution is 2.30. The summed E-state index contributed by atoms with van der Waals surface area (Å²) in [6, 6.07) is 14.8. The van der Waals surface area contributed by atoms with Gasteiger partial charge in [-0.1, -0.05) is 24.3 Å². The lowest BCUT2D eigenvalue weighted by atomic mass is 10.1. The van der Waals surface area contributed by atoms with Crippen molar-refractivity contribution in [1.82, 2.24) is 9.97 Å². The molecule has 144 valence electrons. The molecule has 0 saturated carbocycles. The number of hydrogen-bond acceptors (Lipinski definition) is 6. The average molecular weight is 389 g/mol. The van der Waals surface area contributed by atoms with Crippen molar-refractivity contribution in [1.29, 1.82) is 0 Å². The van der Waals surface area contributed by atoms with Gasteiger partial charge in [0.15, 0.2) is 0 Å². The molecule has 1 aliphatic heterocycles. The number of amides is 1. The molecule has 3 aromatic rings. The summed E-state index contributed by atoms with van der Waals surface area (Å²) < 4.78 is 0. The fraction of sp³-hybridized carbons (Fsp3) is 0.0500. The van der Waals surface area contributed by atoms with Gasteiger partial charge in [-0.2, -0.15) is 0 Å². The van der Waals surface area contributed by atoms with Crippen LogP contribution in [-0.4, -0.2) is 39.3 Å². The van der Waals surface area contributed by atoms with E-state index < -0.39 is 11.7 Å². The third kappa shape index (κ3) is 3.61. The molecule has 0 atom stereocenters. The molecule has 0 radical (unpaired) electrons. The van der Waals surface area contributed by atoms with Crippen LogP contribution < -0.4 is 15.9 Å². The molecule has 1 amide bonds. The van der Waals surface area contributed by atoms with E-state index >= 15 is 0 Å². The number of anilines is 2. The SMILES string of the molecule is O=C(O)c1cccc(/N=C2\C(=O)N(CNc3ccnc(=O)[nH]3)c3ccccc32)c1. The van der Waals surface area contributed by atoms with Crippen LogP contribution in [0.4, 0.5) is 17.2 Å². The van der Waals surface area contributed by atoms with Crippen molar-refractivity contribution in [2.75, 3.05) is 16.9 Å². The van der Waals surface area contributed by atoms with Gasteiger partial charge < -0.3 is 10.4 Å². The predicted octanol–water partition coefficient (Wildman–Crippen LogP) is 2.01. The maximum atomic E-state index is 13.0. The predicted molar refractivity (Wildman–Crippen MR) is 107 cm³/mol. The minimum absolute atomic E-state index is 0.0887. The number of aromatic carboxylic acids is 1. The van der Waals surface area contributed by atoms with E-state index in [2.05, 4.69) is 20.3 Å². The number of hydrogen-bond donors (Lipinski definition) is 3. The van der Waals surface area contributed by atoms with E-state index in [4.69, 9.17) is 5.11 Å².